The van der Waals surface area contributed by atoms with Crippen molar-refractivity contribution in [1.82, 2.24) is 29.1 Å². The normalized spacial score (nSPS) is 11.6. The van der Waals surface area contributed by atoms with Gasteiger partial charge < -0.3 is 14.6 Å². The molecular formula is C19H12N8O3. The van der Waals surface area contributed by atoms with Crippen molar-refractivity contribution in [2.24, 2.45) is 5.73 Å². The van der Waals surface area contributed by atoms with E-state index in [1.54, 1.807) is 24.7 Å². The lowest BCUT2D eigenvalue weighted by molar-refractivity contribution is 0.259. The molecule has 6 aromatic heterocycles. The number of oxazole rings is 2. The first-order valence-electron chi connectivity index (χ1n) is 8.87. The Morgan fingerprint density at radius 2 is 2.03 bits per heavy atom. The smallest absolute Gasteiger partial charge is 0.317 e. The Balaban J connectivity index is 1.85. The largest absolute Gasteiger partial charge is 0.449 e. The number of pyridine rings is 2. The third-order valence-electron chi connectivity index (χ3n) is 4.82. The van der Waals surface area contributed by atoms with Crippen LogP contribution in [-0.2, 0) is 0 Å². The summed E-state index contributed by atoms with van der Waals surface area (Å²) in [5, 5.41) is 4.22. The fraction of sp³-hybridized carbons (Fsp3) is 0. The van der Waals surface area contributed by atoms with Gasteiger partial charge in [0.15, 0.2) is 12.2 Å². The molecular weight excluding hydrogens is 388 g/mol. The fourth-order valence-corrected chi connectivity index (χ4v) is 3.76. The minimum absolute atomic E-state index is 0.334. The summed E-state index contributed by atoms with van der Waals surface area (Å²) in [6, 6.07) is 5.06. The number of hydrogen-bond donors (Lipinski definition) is 2. The summed E-state index contributed by atoms with van der Waals surface area (Å²) in [4.78, 5) is 28.9. The summed E-state index contributed by atoms with van der Waals surface area (Å²) in [5.41, 5.74) is 8.16. The van der Waals surface area contributed by atoms with Crippen LogP contribution in [0.2, 0.25) is 0 Å². The van der Waals surface area contributed by atoms with E-state index in [9.17, 15) is 4.79 Å². The molecule has 0 aliphatic rings. The Morgan fingerprint density at radius 3 is 2.80 bits per heavy atom. The third kappa shape index (κ3) is 2.16. The number of urea groups is 1. The van der Waals surface area contributed by atoms with Gasteiger partial charge in [0.1, 0.15) is 29.5 Å². The van der Waals surface area contributed by atoms with Crippen LogP contribution in [0.4, 0.5) is 10.6 Å². The van der Waals surface area contributed by atoms with Crippen molar-refractivity contribution in [3.63, 3.8) is 0 Å². The van der Waals surface area contributed by atoms with Gasteiger partial charge in [0.2, 0.25) is 0 Å². The van der Waals surface area contributed by atoms with E-state index in [4.69, 9.17) is 14.6 Å². The fourth-order valence-electron chi connectivity index (χ4n) is 3.76. The highest BCUT2D eigenvalue weighted by molar-refractivity contribution is 6.21. The van der Waals surface area contributed by atoms with Crippen LogP contribution in [0, 0.1) is 0 Å². The Kier molecular flexibility index (Phi) is 3.21. The quantitative estimate of drug-likeness (QED) is 0.465. The van der Waals surface area contributed by atoms with Gasteiger partial charge in [-0.3, -0.25) is 14.9 Å². The first kappa shape index (κ1) is 16.3. The highest BCUT2D eigenvalue weighted by Crippen LogP contribution is 2.39. The van der Waals surface area contributed by atoms with Gasteiger partial charge in [-0.15, -0.1) is 0 Å². The zero-order chi connectivity index (χ0) is 20.2. The van der Waals surface area contributed by atoms with Crippen LogP contribution in [0.3, 0.4) is 0 Å². The van der Waals surface area contributed by atoms with E-state index in [0.717, 1.165) is 21.8 Å². The van der Waals surface area contributed by atoms with E-state index in [2.05, 4.69) is 25.3 Å². The molecule has 6 aromatic rings. The van der Waals surface area contributed by atoms with Crippen molar-refractivity contribution in [2.75, 3.05) is 5.32 Å². The standard InChI is InChI=1S/C19H12N8O3/c20-18(28)25-13-2-1-11-16(24-13)15-10-3-4-21-7-12(10)27(19-22-5-6-30-19)17(15)26(11)14-8-29-9-23-14/h1-9H,(H3,20,24,25,28). The molecule has 0 atom stereocenters. The molecule has 0 fully saturated rings. The number of nitrogens with two attached hydrogens (primary N) is 1. The summed E-state index contributed by atoms with van der Waals surface area (Å²) in [7, 11) is 0. The van der Waals surface area contributed by atoms with Gasteiger partial charge in [0.25, 0.3) is 0 Å². The zero-order valence-corrected chi connectivity index (χ0v) is 15.2. The van der Waals surface area contributed by atoms with E-state index in [-0.39, 0.29) is 0 Å². The third-order valence-corrected chi connectivity index (χ3v) is 4.82. The summed E-state index contributed by atoms with van der Waals surface area (Å²) < 4.78 is 14.6. The molecule has 11 nitrogen and oxygen atoms in total. The van der Waals surface area contributed by atoms with Gasteiger partial charge in [0, 0.05) is 11.6 Å². The molecule has 0 aliphatic heterocycles. The topological polar surface area (TPSA) is 143 Å². The average Bonchev–Trinajstić information content (AvgIpc) is 3.51. The molecule has 3 N–H and O–H groups in total. The van der Waals surface area contributed by atoms with Crippen LogP contribution >= 0.6 is 0 Å². The van der Waals surface area contributed by atoms with Crippen LogP contribution in [0.15, 0.2) is 64.5 Å². The summed E-state index contributed by atoms with van der Waals surface area (Å²) in [5.74, 6) is 0.885. The summed E-state index contributed by atoms with van der Waals surface area (Å²) >= 11 is 0. The SMILES string of the molecule is NC(=O)Nc1ccc2c(n1)c1c3ccncc3n(-c3ncco3)c1n2-c1cocn1. The van der Waals surface area contributed by atoms with E-state index in [0.29, 0.717) is 28.8 Å². The van der Waals surface area contributed by atoms with E-state index >= 15 is 0 Å². The van der Waals surface area contributed by atoms with E-state index in [1.807, 2.05) is 21.3 Å². The Bertz CT molecular complexity index is 1540. The van der Waals surface area contributed by atoms with Crippen LogP contribution < -0.4 is 11.1 Å². The van der Waals surface area contributed by atoms with Crippen LogP contribution in [0.5, 0.6) is 0 Å². The van der Waals surface area contributed by atoms with Crippen LogP contribution in [0.25, 0.3) is 44.8 Å². The molecule has 146 valence electrons. The maximum atomic E-state index is 11.3. The lowest BCUT2D eigenvalue weighted by Gasteiger charge is -2.07. The lowest BCUT2D eigenvalue weighted by atomic mass is 10.2. The van der Waals surface area contributed by atoms with Crippen molar-refractivity contribution in [3.05, 3.63) is 55.7 Å². The number of nitrogens with zero attached hydrogens (tertiary/aromatic N) is 6. The Hall–Kier alpha value is -4.67. The molecule has 30 heavy (non-hydrogen) atoms. The molecule has 0 unspecified atom stereocenters. The van der Waals surface area contributed by atoms with Crippen molar-refractivity contribution >= 4 is 44.8 Å². The molecule has 11 heteroatoms. The molecule has 0 saturated heterocycles. The van der Waals surface area contributed by atoms with E-state index in [1.165, 1.54) is 18.9 Å². The maximum absolute atomic E-state index is 11.3. The maximum Gasteiger partial charge on any atom is 0.317 e. The molecule has 0 radical (unpaired) electrons. The average molecular weight is 400 g/mol. The van der Waals surface area contributed by atoms with Gasteiger partial charge in [-0.1, -0.05) is 0 Å². The number of fused-ring (bicyclic) bond motifs is 5. The van der Waals surface area contributed by atoms with Gasteiger partial charge >= 0.3 is 12.0 Å². The van der Waals surface area contributed by atoms with Crippen molar-refractivity contribution < 1.29 is 13.6 Å². The second-order valence-corrected chi connectivity index (χ2v) is 6.48. The molecule has 0 saturated carbocycles. The minimum Gasteiger partial charge on any atom is -0.449 e. The Morgan fingerprint density at radius 1 is 1.10 bits per heavy atom. The van der Waals surface area contributed by atoms with Crippen molar-refractivity contribution in [3.8, 4) is 11.8 Å². The zero-order valence-electron chi connectivity index (χ0n) is 15.2. The van der Waals surface area contributed by atoms with Crippen molar-refractivity contribution in [2.45, 2.75) is 0 Å². The number of nitrogens with one attached hydrogen (secondary N) is 1. The number of aromatic nitrogens is 6. The highest BCUT2D eigenvalue weighted by atomic mass is 16.4. The first-order valence-corrected chi connectivity index (χ1v) is 8.87. The monoisotopic (exact) mass is 400 g/mol. The number of carbonyl (C=O) groups excluding carboxylic acids is 1. The highest BCUT2D eigenvalue weighted by Gasteiger charge is 2.25. The molecule has 0 spiro atoms. The Labute approximate surface area is 166 Å². The van der Waals surface area contributed by atoms with Crippen molar-refractivity contribution in [1.29, 1.82) is 0 Å². The summed E-state index contributed by atoms with van der Waals surface area (Å²) in [6.07, 6.45) is 9.38. The van der Waals surface area contributed by atoms with Gasteiger partial charge in [-0.2, -0.15) is 4.98 Å². The summed E-state index contributed by atoms with van der Waals surface area (Å²) in [6.45, 7) is 0. The minimum atomic E-state index is -0.694. The van der Waals surface area contributed by atoms with Gasteiger partial charge in [-0.25, -0.2) is 19.3 Å². The van der Waals surface area contributed by atoms with Gasteiger partial charge in [-0.05, 0) is 18.2 Å². The second-order valence-electron chi connectivity index (χ2n) is 6.48. The predicted octanol–water partition coefficient (Wildman–Crippen LogP) is 2.98. The van der Waals surface area contributed by atoms with Crippen LogP contribution in [0.1, 0.15) is 0 Å². The molecule has 0 bridgehead atoms. The molecule has 0 aromatic carbocycles. The second kappa shape index (κ2) is 5.91. The number of hydrogen-bond acceptors (Lipinski definition) is 7. The molecule has 2 amide bonds. The number of amides is 2. The number of anilines is 1. The molecule has 6 heterocycles. The van der Waals surface area contributed by atoms with Gasteiger partial charge in [0.05, 0.1) is 28.8 Å². The number of rotatable bonds is 3. The number of carbonyl (C=O) groups is 1. The predicted molar refractivity (Wildman–Crippen MR) is 107 cm³/mol. The first-order chi connectivity index (χ1) is 14.7. The molecule has 6 rings (SSSR count). The lowest BCUT2D eigenvalue weighted by Crippen LogP contribution is -2.19. The molecule has 0 aliphatic carbocycles. The van der Waals surface area contributed by atoms with Crippen LogP contribution in [-0.4, -0.2) is 35.1 Å². The number of primary amides is 1. The van der Waals surface area contributed by atoms with E-state index < -0.39 is 6.03 Å².